The third-order valence-corrected chi connectivity index (χ3v) is 7.66. The number of rotatable bonds is 5. The van der Waals surface area contributed by atoms with E-state index in [1.807, 2.05) is 0 Å². The number of nitrogens with two attached hydrogens (primary N) is 1. The van der Waals surface area contributed by atoms with Gasteiger partial charge in [-0.05, 0) is 65.3 Å². The number of fused-ring (bicyclic) bond motifs is 3. The number of carbonyl (C=O) groups excluding carboxylic acids is 5. The maximum atomic E-state index is 13.9. The van der Waals surface area contributed by atoms with Crippen molar-refractivity contribution in [3.05, 3.63) is 40.2 Å². The molecule has 42 heavy (non-hydrogen) atoms. The highest BCUT2D eigenvalue weighted by Crippen LogP contribution is 2.53. The number of nitrogens with one attached hydrogen (secondary N) is 2. The normalized spacial score (nSPS) is 25.5. The molecule has 3 aliphatic carbocycles. The lowest BCUT2D eigenvalue weighted by Gasteiger charge is -2.50. The zero-order chi connectivity index (χ0) is 31.5. The van der Waals surface area contributed by atoms with Crippen molar-refractivity contribution in [1.29, 1.82) is 0 Å². The van der Waals surface area contributed by atoms with Gasteiger partial charge in [-0.1, -0.05) is 6.07 Å². The average Bonchev–Trinajstić information content (AvgIpc) is 2.85. The van der Waals surface area contributed by atoms with Gasteiger partial charge in [0.1, 0.15) is 35.0 Å². The van der Waals surface area contributed by atoms with Crippen molar-refractivity contribution in [2.45, 2.75) is 50.9 Å². The number of hydrogen-bond donors (Lipinski definition) is 7. The summed E-state index contributed by atoms with van der Waals surface area (Å²) in [6.07, 6.45) is -0.761. The Morgan fingerprint density at radius 3 is 2.36 bits per heavy atom. The number of aromatic hydroxyl groups is 1. The van der Waals surface area contributed by atoms with E-state index in [4.69, 9.17) is 10.5 Å². The molecule has 1 saturated carbocycles. The van der Waals surface area contributed by atoms with Crippen LogP contribution in [0.5, 0.6) is 5.75 Å². The molecule has 0 saturated heterocycles. The summed E-state index contributed by atoms with van der Waals surface area (Å²) in [6.45, 7) is 4.47. The first-order valence-electron chi connectivity index (χ1n) is 13.2. The van der Waals surface area contributed by atoms with E-state index in [1.54, 1.807) is 20.8 Å². The van der Waals surface area contributed by atoms with Gasteiger partial charge in [0.05, 0.1) is 17.3 Å². The van der Waals surface area contributed by atoms with Crippen LogP contribution in [-0.2, 0) is 30.3 Å². The van der Waals surface area contributed by atoms with E-state index in [2.05, 4.69) is 10.6 Å². The summed E-state index contributed by atoms with van der Waals surface area (Å²) in [7, 11) is 3.04. The second-order valence-electron chi connectivity index (χ2n) is 11.9. The lowest BCUT2D eigenvalue weighted by molar-refractivity contribution is -0.153. The first-order chi connectivity index (χ1) is 19.4. The molecule has 0 aliphatic heterocycles. The lowest BCUT2D eigenvalue weighted by atomic mass is 9.57. The van der Waals surface area contributed by atoms with Crippen molar-refractivity contribution in [1.82, 2.24) is 10.2 Å². The maximum Gasteiger partial charge on any atom is 0.408 e. The van der Waals surface area contributed by atoms with Crippen molar-refractivity contribution in [2.24, 2.45) is 17.6 Å². The number of benzene rings is 1. The van der Waals surface area contributed by atoms with Crippen LogP contribution in [0.4, 0.5) is 10.5 Å². The number of likely N-dealkylation sites (N-methyl/N-ethyl adjacent to an activating group) is 1. The van der Waals surface area contributed by atoms with Gasteiger partial charge >= 0.3 is 6.09 Å². The molecule has 0 heterocycles. The summed E-state index contributed by atoms with van der Waals surface area (Å²) < 4.78 is 5.07. The number of alkyl carbamates (subject to hydrolysis) is 1. The largest absolute Gasteiger partial charge is 0.508 e. The highest BCUT2D eigenvalue weighted by atomic mass is 16.6. The molecule has 4 atom stereocenters. The van der Waals surface area contributed by atoms with Gasteiger partial charge in [-0.3, -0.25) is 24.1 Å². The number of aliphatic hydroxyl groups excluding tert-OH is 2. The third-order valence-electron chi connectivity index (χ3n) is 7.66. The van der Waals surface area contributed by atoms with Crippen molar-refractivity contribution in [3.8, 4) is 5.75 Å². The van der Waals surface area contributed by atoms with Gasteiger partial charge in [-0.2, -0.15) is 0 Å². The molecule has 0 radical (unpaired) electrons. The Morgan fingerprint density at radius 2 is 1.79 bits per heavy atom. The van der Waals surface area contributed by atoms with E-state index in [9.17, 15) is 44.4 Å². The fraction of sp³-hybridized carbons (Fsp3) is 0.464. The topological polar surface area (TPSA) is 229 Å². The molecule has 226 valence electrons. The molecule has 3 aliphatic rings. The molecule has 0 spiro atoms. The van der Waals surface area contributed by atoms with Crippen LogP contribution >= 0.6 is 0 Å². The first kappa shape index (κ1) is 30.5. The Labute approximate surface area is 240 Å². The molecule has 3 unspecified atom stereocenters. The lowest BCUT2D eigenvalue weighted by Crippen LogP contribution is -2.65. The SMILES string of the molecule is CN(C)[C@@H]1C(=O)C(C(N)=O)=C(O)C2(O)C(=O)C3=C(O)c4c(ccc(NC(=O)CNC(=O)OC(C)(C)C)c4O)CC3CC12. The van der Waals surface area contributed by atoms with Gasteiger partial charge in [-0.25, -0.2) is 4.79 Å². The van der Waals surface area contributed by atoms with E-state index < -0.39 is 87.9 Å². The number of phenols is 1. The van der Waals surface area contributed by atoms with Crippen LogP contribution in [0.3, 0.4) is 0 Å². The van der Waals surface area contributed by atoms with E-state index in [0.717, 1.165) is 0 Å². The Balaban J connectivity index is 1.70. The average molecular weight is 587 g/mol. The van der Waals surface area contributed by atoms with Crippen molar-refractivity contribution < 1.29 is 49.1 Å². The molecular weight excluding hydrogens is 552 g/mol. The number of ketones is 2. The highest BCUT2D eigenvalue weighted by Gasteiger charge is 2.64. The number of phenolic OH excluding ortho intramolecular Hbond substituents is 1. The summed E-state index contributed by atoms with van der Waals surface area (Å²) in [4.78, 5) is 64.8. The second kappa shape index (κ2) is 10.4. The summed E-state index contributed by atoms with van der Waals surface area (Å²) >= 11 is 0. The van der Waals surface area contributed by atoms with Crippen molar-refractivity contribution in [2.75, 3.05) is 26.0 Å². The number of Topliss-reactive ketones (excluding diaryl/α,β-unsaturated/α-hetero) is 2. The molecule has 14 heteroatoms. The monoisotopic (exact) mass is 586 g/mol. The number of carbonyl (C=O) groups is 5. The predicted octanol–water partition coefficient (Wildman–Crippen LogP) is 0.427. The highest BCUT2D eigenvalue weighted by molar-refractivity contribution is 6.24. The van der Waals surface area contributed by atoms with Gasteiger partial charge < -0.3 is 41.5 Å². The number of anilines is 1. The fourth-order valence-electron chi connectivity index (χ4n) is 5.98. The van der Waals surface area contributed by atoms with Gasteiger partial charge in [0, 0.05) is 11.5 Å². The van der Waals surface area contributed by atoms with Gasteiger partial charge in [0.25, 0.3) is 5.91 Å². The van der Waals surface area contributed by atoms with Crippen LogP contribution in [0.2, 0.25) is 0 Å². The number of amides is 3. The zero-order valence-corrected chi connectivity index (χ0v) is 23.8. The molecular formula is C28H34N4O10. The Hall–Kier alpha value is -4.43. The van der Waals surface area contributed by atoms with E-state index in [0.29, 0.717) is 5.56 Å². The zero-order valence-electron chi connectivity index (χ0n) is 23.8. The number of hydrogen-bond acceptors (Lipinski definition) is 11. The molecule has 3 amide bonds. The standard InChI is InChI=1S/C28H34N4O10/c1-27(2,3)42-26(40)30-10-15(33)31-14-7-6-11-8-12-9-13-19(32(4)5)22(36)18(25(29)39)24(38)28(13,41)23(37)17(12)21(35)16(11)20(14)34/h6-7,12-13,19,34-35,38,41H,8-10H2,1-5H3,(H2,29,39)(H,30,40)(H,31,33)/t12?,13?,19-,28?/m0/s1. The number of ether oxygens (including phenoxy) is 1. The molecule has 8 N–H and O–H groups in total. The Morgan fingerprint density at radius 1 is 1.14 bits per heavy atom. The van der Waals surface area contributed by atoms with Crippen LogP contribution in [-0.4, -0.2) is 92.7 Å². The fourth-order valence-corrected chi connectivity index (χ4v) is 5.98. The summed E-state index contributed by atoms with van der Waals surface area (Å²) in [5.41, 5.74) is 0.690. The van der Waals surface area contributed by atoms with Crippen LogP contribution in [0.1, 0.15) is 38.3 Å². The van der Waals surface area contributed by atoms with Crippen LogP contribution in [0.15, 0.2) is 29.0 Å². The molecule has 1 aromatic carbocycles. The van der Waals surface area contributed by atoms with Crippen LogP contribution in [0.25, 0.3) is 5.76 Å². The minimum atomic E-state index is -2.75. The van der Waals surface area contributed by atoms with Gasteiger partial charge in [0.2, 0.25) is 11.7 Å². The number of nitrogens with zero attached hydrogens (tertiary/aromatic N) is 1. The molecule has 1 aromatic rings. The summed E-state index contributed by atoms with van der Waals surface area (Å²) in [5.74, 6) is -8.36. The Kier molecular flexibility index (Phi) is 7.59. The minimum Gasteiger partial charge on any atom is -0.508 e. The van der Waals surface area contributed by atoms with E-state index in [-0.39, 0.29) is 29.7 Å². The minimum absolute atomic E-state index is 0.0403. The predicted molar refractivity (Wildman–Crippen MR) is 147 cm³/mol. The van der Waals surface area contributed by atoms with Gasteiger partial charge in [0.15, 0.2) is 11.4 Å². The van der Waals surface area contributed by atoms with Crippen molar-refractivity contribution >= 4 is 40.9 Å². The molecule has 14 nitrogen and oxygen atoms in total. The smallest absolute Gasteiger partial charge is 0.408 e. The second-order valence-corrected chi connectivity index (χ2v) is 11.9. The third kappa shape index (κ3) is 4.96. The molecule has 0 aromatic heterocycles. The van der Waals surface area contributed by atoms with E-state index >= 15 is 0 Å². The van der Waals surface area contributed by atoms with Crippen LogP contribution in [0, 0.1) is 11.8 Å². The summed E-state index contributed by atoms with van der Waals surface area (Å²) in [5, 5.41) is 49.5. The molecule has 4 rings (SSSR count). The van der Waals surface area contributed by atoms with Crippen LogP contribution < -0.4 is 16.4 Å². The van der Waals surface area contributed by atoms with Crippen molar-refractivity contribution in [3.63, 3.8) is 0 Å². The maximum absolute atomic E-state index is 13.9. The summed E-state index contributed by atoms with van der Waals surface area (Å²) in [6, 6.07) is 1.74. The number of primary amides is 1. The molecule has 1 fully saturated rings. The Bertz CT molecular complexity index is 1470. The number of aliphatic hydroxyl groups is 3. The van der Waals surface area contributed by atoms with Gasteiger partial charge in [-0.15, -0.1) is 0 Å². The quantitative estimate of drug-likeness (QED) is 0.185. The molecule has 0 bridgehead atoms. The first-order valence-corrected chi connectivity index (χ1v) is 13.2. The van der Waals surface area contributed by atoms with E-state index in [1.165, 1.54) is 31.1 Å².